The van der Waals surface area contributed by atoms with Gasteiger partial charge in [0, 0.05) is 4.48 Å². The molecule has 110 valence electrons. The Hall–Kier alpha value is -1.59. The molecule has 2 aliphatic rings. The lowest BCUT2D eigenvalue weighted by Gasteiger charge is -2.21. The van der Waals surface area contributed by atoms with Gasteiger partial charge in [-0.2, -0.15) is 5.43 Å². The molecular formula is C16H18BrN2O2+. The summed E-state index contributed by atoms with van der Waals surface area (Å²) in [5, 5.41) is 0. The van der Waals surface area contributed by atoms with E-state index >= 15 is 0 Å². The van der Waals surface area contributed by atoms with Crippen LogP contribution < -0.4 is 5.43 Å². The number of benzene rings is 1. The predicted octanol–water partition coefficient (Wildman–Crippen LogP) is 2.57. The zero-order chi connectivity index (χ0) is 14.7. The zero-order valence-corrected chi connectivity index (χ0v) is 13.4. The number of halogens is 1. The minimum Gasteiger partial charge on any atom is -0.471 e. The van der Waals surface area contributed by atoms with Crippen LogP contribution in [0, 0.1) is 5.92 Å². The summed E-state index contributed by atoms with van der Waals surface area (Å²) in [6.07, 6.45) is 6.13. The molecule has 1 N–H and O–H groups in total. The van der Waals surface area contributed by atoms with E-state index in [2.05, 4.69) is 27.6 Å². The van der Waals surface area contributed by atoms with E-state index in [0.29, 0.717) is 6.61 Å². The molecule has 2 unspecified atom stereocenters. The lowest BCUT2D eigenvalue weighted by Crippen LogP contribution is -2.35. The highest BCUT2D eigenvalue weighted by atomic mass is 79.9. The molecule has 0 amide bonds. The van der Waals surface area contributed by atoms with Crippen LogP contribution in [0.1, 0.15) is 5.56 Å². The lowest BCUT2D eigenvalue weighted by atomic mass is 9.96. The molecular weight excluding hydrogens is 332 g/mol. The van der Waals surface area contributed by atoms with Crippen molar-refractivity contribution in [3.8, 4) is 0 Å². The molecule has 0 radical (unpaired) electrons. The van der Waals surface area contributed by atoms with Gasteiger partial charge in [0.25, 0.3) is 0 Å². The summed E-state index contributed by atoms with van der Waals surface area (Å²) in [5.74, 6) is 1.13. The van der Waals surface area contributed by atoms with Crippen LogP contribution in [0.4, 0.5) is 0 Å². The number of rotatable bonds is 5. The van der Waals surface area contributed by atoms with Crippen molar-refractivity contribution in [3.05, 3.63) is 58.3 Å². The first kappa shape index (κ1) is 14.4. The minimum absolute atomic E-state index is 0.203. The molecule has 5 heteroatoms. The van der Waals surface area contributed by atoms with Crippen LogP contribution >= 0.6 is 15.9 Å². The summed E-state index contributed by atoms with van der Waals surface area (Å²) in [6, 6.07) is 10.3. The van der Waals surface area contributed by atoms with E-state index in [1.54, 1.807) is 0 Å². The summed E-state index contributed by atoms with van der Waals surface area (Å²) in [5.41, 5.74) is 4.50. The third-order valence-electron chi connectivity index (χ3n) is 3.54. The first-order chi connectivity index (χ1) is 10.2. The molecule has 0 fully saturated rings. The van der Waals surface area contributed by atoms with E-state index in [-0.39, 0.29) is 18.8 Å². The van der Waals surface area contributed by atoms with E-state index in [1.165, 1.54) is 0 Å². The molecule has 1 aliphatic heterocycles. The molecule has 1 aromatic carbocycles. The first-order valence-electron chi connectivity index (χ1n) is 6.90. The van der Waals surface area contributed by atoms with Crippen LogP contribution in [-0.4, -0.2) is 30.8 Å². The molecule has 1 aromatic rings. The second kappa shape index (κ2) is 6.45. The number of ether oxygens (including phenoxy) is 2. The summed E-state index contributed by atoms with van der Waals surface area (Å²) >= 11 is 3.58. The van der Waals surface area contributed by atoms with Gasteiger partial charge in [0.2, 0.25) is 0 Å². The van der Waals surface area contributed by atoms with Crippen molar-refractivity contribution in [3.63, 3.8) is 0 Å². The Bertz CT molecular complexity index is 596. The largest absolute Gasteiger partial charge is 0.471 e. The van der Waals surface area contributed by atoms with Gasteiger partial charge in [0.15, 0.2) is 20.1 Å². The van der Waals surface area contributed by atoms with Crippen molar-refractivity contribution in [1.82, 2.24) is 5.43 Å². The van der Waals surface area contributed by atoms with Gasteiger partial charge in [0.1, 0.15) is 17.7 Å². The summed E-state index contributed by atoms with van der Waals surface area (Å²) < 4.78 is 14.5. The summed E-state index contributed by atoms with van der Waals surface area (Å²) in [7, 11) is 1.99. The molecule has 0 bridgehead atoms. The van der Waals surface area contributed by atoms with Crippen LogP contribution in [-0.2, 0) is 16.1 Å². The molecule has 0 saturated carbocycles. The van der Waals surface area contributed by atoms with Crippen molar-refractivity contribution >= 4 is 22.1 Å². The predicted molar refractivity (Wildman–Crippen MR) is 84.9 cm³/mol. The Morgan fingerprint density at radius 2 is 2.05 bits per heavy atom. The fraction of sp³-hybridized carbons (Fsp3) is 0.312. The molecule has 0 spiro atoms. The molecule has 1 aliphatic carbocycles. The van der Waals surface area contributed by atoms with Crippen molar-refractivity contribution in [1.29, 1.82) is 0 Å². The quantitative estimate of drug-likeness (QED) is 0.504. The van der Waals surface area contributed by atoms with Gasteiger partial charge in [-0.1, -0.05) is 46.3 Å². The van der Waals surface area contributed by atoms with Crippen LogP contribution in [0.2, 0.25) is 0 Å². The molecule has 1 heterocycles. The maximum absolute atomic E-state index is 5.79. The van der Waals surface area contributed by atoms with Gasteiger partial charge in [-0.3, -0.25) is 0 Å². The van der Waals surface area contributed by atoms with E-state index < -0.39 is 0 Å². The molecule has 0 saturated heterocycles. The third-order valence-corrected chi connectivity index (χ3v) is 4.30. The van der Waals surface area contributed by atoms with Gasteiger partial charge in [-0.15, -0.1) is 4.68 Å². The fourth-order valence-electron chi connectivity index (χ4n) is 2.50. The number of hydrogen-bond donors (Lipinski definition) is 1. The Morgan fingerprint density at radius 3 is 2.86 bits per heavy atom. The van der Waals surface area contributed by atoms with Crippen LogP contribution in [0.25, 0.3) is 0 Å². The fourth-order valence-corrected chi connectivity index (χ4v) is 3.02. The van der Waals surface area contributed by atoms with Crippen LogP contribution in [0.5, 0.6) is 0 Å². The highest BCUT2D eigenvalue weighted by Crippen LogP contribution is 2.30. The number of allylic oxidation sites excluding steroid dienone is 2. The number of fused-ring (bicyclic) bond motifs is 1. The number of hydrazone groups is 1. The van der Waals surface area contributed by atoms with Gasteiger partial charge >= 0.3 is 0 Å². The SMILES string of the molecule is C[N+]1=CC2C(OCOCc3ccccc3)=CC=C(Br)C2N1. The van der Waals surface area contributed by atoms with Crippen molar-refractivity contribution < 1.29 is 14.2 Å². The monoisotopic (exact) mass is 349 g/mol. The smallest absolute Gasteiger partial charge is 0.188 e. The van der Waals surface area contributed by atoms with Gasteiger partial charge < -0.3 is 9.47 Å². The molecule has 2 atom stereocenters. The molecule has 4 nitrogen and oxygen atoms in total. The van der Waals surface area contributed by atoms with Crippen molar-refractivity contribution in [2.45, 2.75) is 12.6 Å². The van der Waals surface area contributed by atoms with E-state index in [4.69, 9.17) is 9.47 Å². The van der Waals surface area contributed by atoms with Gasteiger partial charge in [-0.05, 0) is 17.7 Å². The number of nitrogens with zero attached hydrogens (tertiary/aromatic N) is 1. The average molecular weight is 350 g/mol. The highest BCUT2D eigenvalue weighted by Gasteiger charge is 2.39. The third kappa shape index (κ3) is 3.36. The van der Waals surface area contributed by atoms with Crippen molar-refractivity contribution in [2.75, 3.05) is 13.8 Å². The van der Waals surface area contributed by atoms with Crippen molar-refractivity contribution in [2.24, 2.45) is 5.92 Å². The topological polar surface area (TPSA) is 33.5 Å². The standard InChI is InChI=1S/C16H18BrN2O2/c1-19-9-13-15(8-7-14(17)16(13)18-19)21-11-20-10-12-5-3-2-4-6-12/h2-9,13,16,18H,10-11H2,1H3/q+1. The van der Waals surface area contributed by atoms with E-state index in [1.807, 2.05) is 54.2 Å². The van der Waals surface area contributed by atoms with Gasteiger partial charge in [-0.25, -0.2) is 0 Å². The maximum atomic E-state index is 5.79. The summed E-state index contributed by atoms with van der Waals surface area (Å²) in [4.78, 5) is 0. The maximum Gasteiger partial charge on any atom is 0.188 e. The number of hydrogen-bond acceptors (Lipinski definition) is 3. The molecule has 3 rings (SSSR count). The Balaban J connectivity index is 1.53. The average Bonchev–Trinajstić information content (AvgIpc) is 2.89. The molecule has 21 heavy (non-hydrogen) atoms. The lowest BCUT2D eigenvalue weighted by molar-refractivity contribution is -0.550. The number of nitrogens with one attached hydrogen (secondary N) is 1. The van der Waals surface area contributed by atoms with Gasteiger partial charge in [0.05, 0.1) is 6.61 Å². The van der Waals surface area contributed by atoms with Crippen LogP contribution in [0.15, 0.2) is 52.7 Å². The first-order valence-corrected chi connectivity index (χ1v) is 7.69. The minimum atomic E-state index is 0.203. The van der Waals surface area contributed by atoms with E-state index in [0.717, 1.165) is 15.8 Å². The Labute approximate surface area is 132 Å². The second-order valence-corrected chi connectivity index (χ2v) is 6.03. The summed E-state index contributed by atoms with van der Waals surface area (Å²) in [6.45, 7) is 0.816. The Kier molecular flexibility index (Phi) is 4.41. The Morgan fingerprint density at radius 1 is 1.24 bits per heavy atom. The number of hydrazine groups is 1. The highest BCUT2D eigenvalue weighted by molar-refractivity contribution is 9.11. The molecule has 0 aromatic heterocycles. The normalized spacial score (nSPS) is 23.6. The van der Waals surface area contributed by atoms with E-state index in [9.17, 15) is 0 Å². The van der Waals surface area contributed by atoms with Crippen LogP contribution in [0.3, 0.4) is 0 Å². The zero-order valence-electron chi connectivity index (χ0n) is 11.8. The second-order valence-electron chi connectivity index (χ2n) is 5.11.